The molecule has 0 bridgehead atoms. The lowest BCUT2D eigenvalue weighted by atomic mass is 9.95. The molecule has 4 atom stereocenters. The van der Waals surface area contributed by atoms with Gasteiger partial charge in [0.05, 0.1) is 18.4 Å². The Hall–Kier alpha value is -2.16. The molecule has 2 heterocycles. The van der Waals surface area contributed by atoms with Gasteiger partial charge in [0.1, 0.15) is 5.75 Å². The second-order valence-electron chi connectivity index (χ2n) is 7.72. The normalized spacial score (nSPS) is 29.3. The summed E-state index contributed by atoms with van der Waals surface area (Å²) in [5.41, 5.74) is 0.751. The first-order valence-corrected chi connectivity index (χ1v) is 10.1. The third kappa shape index (κ3) is 4.71. The number of carbonyl (C=O) groups excluding carboxylic acids is 1. The van der Waals surface area contributed by atoms with Gasteiger partial charge in [0.25, 0.3) is 11.7 Å². The van der Waals surface area contributed by atoms with Crippen molar-refractivity contribution in [1.29, 1.82) is 0 Å². The summed E-state index contributed by atoms with van der Waals surface area (Å²) in [6.45, 7) is 4.07. The SMILES string of the molecule is CC1OC(C)(C(=O)O)OCC1CCCCN1C(=O)C(CCO)Oc2ccccc21. The topological polar surface area (TPSA) is 106 Å². The predicted octanol–water partition coefficient (Wildman–Crippen LogP) is 2.19. The lowest BCUT2D eigenvalue weighted by Crippen LogP contribution is -2.51. The summed E-state index contributed by atoms with van der Waals surface area (Å²) in [4.78, 5) is 25.7. The highest BCUT2D eigenvalue weighted by Crippen LogP contribution is 2.35. The van der Waals surface area contributed by atoms with Crippen LogP contribution in [0, 0.1) is 5.92 Å². The number of carbonyl (C=O) groups is 2. The number of hydrogen-bond donors (Lipinski definition) is 2. The van der Waals surface area contributed by atoms with Gasteiger partial charge in [-0.05, 0) is 31.9 Å². The molecule has 1 amide bonds. The van der Waals surface area contributed by atoms with Crippen LogP contribution >= 0.6 is 0 Å². The zero-order valence-electron chi connectivity index (χ0n) is 16.9. The number of carboxylic acids is 1. The number of ether oxygens (including phenoxy) is 3. The third-order valence-corrected chi connectivity index (χ3v) is 5.60. The van der Waals surface area contributed by atoms with E-state index in [1.54, 1.807) is 4.90 Å². The van der Waals surface area contributed by atoms with Crippen LogP contribution in [0.15, 0.2) is 24.3 Å². The van der Waals surface area contributed by atoms with Gasteiger partial charge in [-0.1, -0.05) is 18.6 Å². The molecule has 29 heavy (non-hydrogen) atoms. The average molecular weight is 407 g/mol. The van der Waals surface area contributed by atoms with Crippen LogP contribution in [0.5, 0.6) is 5.75 Å². The van der Waals surface area contributed by atoms with Crippen molar-refractivity contribution in [2.24, 2.45) is 5.92 Å². The molecule has 1 saturated heterocycles. The zero-order valence-corrected chi connectivity index (χ0v) is 16.9. The molecule has 1 fully saturated rings. The fourth-order valence-electron chi connectivity index (χ4n) is 3.80. The molecule has 2 aliphatic rings. The number of benzene rings is 1. The number of amides is 1. The van der Waals surface area contributed by atoms with Gasteiger partial charge in [0, 0.05) is 32.4 Å². The van der Waals surface area contributed by atoms with Gasteiger partial charge in [0.15, 0.2) is 6.10 Å². The van der Waals surface area contributed by atoms with Crippen LogP contribution in [0.2, 0.25) is 0 Å². The molecule has 0 aliphatic carbocycles. The highest BCUT2D eigenvalue weighted by molar-refractivity contribution is 6.00. The highest BCUT2D eigenvalue weighted by Gasteiger charge is 2.43. The fraction of sp³-hybridized carbons (Fsp3) is 0.619. The van der Waals surface area contributed by atoms with Crippen LogP contribution in [0.25, 0.3) is 0 Å². The summed E-state index contributed by atoms with van der Waals surface area (Å²) >= 11 is 0. The van der Waals surface area contributed by atoms with Crippen molar-refractivity contribution >= 4 is 17.6 Å². The minimum atomic E-state index is -1.58. The van der Waals surface area contributed by atoms with E-state index in [-0.39, 0.29) is 31.0 Å². The number of aliphatic carboxylic acids is 1. The van der Waals surface area contributed by atoms with Crippen LogP contribution in [0.1, 0.15) is 39.5 Å². The Morgan fingerprint density at radius 1 is 1.28 bits per heavy atom. The number of rotatable bonds is 8. The third-order valence-electron chi connectivity index (χ3n) is 5.60. The Bertz CT molecular complexity index is 739. The molecule has 1 aromatic rings. The van der Waals surface area contributed by atoms with Gasteiger partial charge in [-0.25, -0.2) is 4.79 Å². The standard InChI is InChI=1S/C21H29NO7/c1-14-15(13-27-21(2,29-14)20(25)26)7-5-6-11-22-16-8-3-4-9-17(16)28-18(10-12-23)19(22)24/h3-4,8-9,14-15,18,23H,5-7,10-13H2,1-2H3,(H,25,26). The van der Waals surface area contributed by atoms with Crippen molar-refractivity contribution in [1.82, 2.24) is 0 Å². The Morgan fingerprint density at radius 3 is 2.72 bits per heavy atom. The Kier molecular flexibility index (Phi) is 6.77. The Labute approximate surface area is 170 Å². The summed E-state index contributed by atoms with van der Waals surface area (Å²) in [6.07, 6.45) is 1.83. The molecule has 160 valence electrons. The molecular weight excluding hydrogens is 378 g/mol. The quantitative estimate of drug-likeness (QED) is 0.636. The molecule has 4 unspecified atom stereocenters. The number of aliphatic hydroxyl groups is 1. The van der Waals surface area contributed by atoms with Gasteiger partial charge >= 0.3 is 5.97 Å². The number of anilines is 1. The van der Waals surface area contributed by atoms with Gasteiger partial charge in [0.2, 0.25) is 0 Å². The van der Waals surface area contributed by atoms with E-state index in [2.05, 4.69) is 0 Å². The molecule has 8 heteroatoms. The van der Waals surface area contributed by atoms with Crippen LogP contribution in [0.4, 0.5) is 5.69 Å². The van der Waals surface area contributed by atoms with Crippen molar-refractivity contribution in [3.63, 3.8) is 0 Å². The van der Waals surface area contributed by atoms with E-state index < -0.39 is 17.9 Å². The largest absolute Gasteiger partial charge is 0.478 e. The van der Waals surface area contributed by atoms with Gasteiger partial charge in [-0.3, -0.25) is 4.79 Å². The van der Waals surface area contributed by atoms with Crippen LogP contribution < -0.4 is 9.64 Å². The maximum Gasteiger partial charge on any atom is 0.364 e. The van der Waals surface area contributed by atoms with Gasteiger partial charge in [-0.15, -0.1) is 0 Å². The van der Waals surface area contributed by atoms with Gasteiger partial charge < -0.3 is 29.3 Å². The monoisotopic (exact) mass is 407 g/mol. The molecule has 0 aromatic heterocycles. The van der Waals surface area contributed by atoms with E-state index in [1.807, 2.05) is 31.2 Å². The maximum absolute atomic E-state index is 12.8. The first-order valence-electron chi connectivity index (χ1n) is 10.1. The van der Waals surface area contributed by atoms with E-state index in [1.165, 1.54) is 6.92 Å². The van der Waals surface area contributed by atoms with Crippen LogP contribution in [-0.2, 0) is 19.1 Å². The molecule has 8 nitrogen and oxygen atoms in total. The smallest absolute Gasteiger partial charge is 0.364 e. The number of carboxylic acid groups (broad SMARTS) is 1. The fourth-order valence-corrected chi connectivity index (χ4v) is 3.80. The van der Waals surface area contributed by atoms with Crippen LogP contribution in [-0.4, -0.2) is 59.8 Å². The molecule has 0 radical (unpaired) electrons. The van der Waals surface area contributed by atoms with E-state index in [4.69, 9.17) is 14.2 Å². The van der Waals surface area contributed by atoms with Gasteiger partial charge in [-0.2, -0.15) is 0 Å². The summed E-state index contributed by atoms with van der Waals surface area (Å²) < 4.78 is 16.7. The lowest BCUT2D eigenvalue weighted by Gasteiger charge is -2.39. The molecule has 3 rings (SSSR count). The van der Waals surface area contributed by atoms with E-state index >= 15 is 0 Å². The number of aliphatic hydroxyl groups excluding tert-OH is 1. The zero-order chi connectivity index (χ0) is 21.0. The van der Waals surface area contributed by atoms with Crippen molar-refractivity contribution in [3.8, 4) is 5.75 Å². The summed E-state index contributed by atoms with van der Waals surface area (Å²) in [6, 6.07) is 7.42. The Morgan fingerprint density at radius 2 is 2.03 bits per heavy atom. The van der Waals surface area contributed by atoms with Crippen molar-refractivity contribution < 1.29 is 34.0 Å². The highest BCUT2D eigenvalue weighted by atomic mass is 16.7. The molecule has 2 N–H and O–H groups in total. The minimum Gasteiger partial charge on any atom is -0.478 e. The number of unbranched alkanes of at least 4 members (excludes halogenated alkanes) is 1. The molecular formula is C21H29NO7. The second-order valence-corrected chi connectivity index (χ2v) is 7.72. The molecule has 1 aromatic carbocycles. The van der Waals surface area contributed by atoms with E-state index in [0.717, 1.165) is 24.9 Å². The maximum atomic E-state index is 12.8. The average Bonchev–Trinajstić information content (AvgIpc) is 2.69. The van der Waals surface area contributed by atoms with Crippen molar-refractivity contribution in [2.45, 2.75) is 57.5 Å². The summed E-state index contributed by atoms with van der Waals surface area (Å²) in [7, 11) is 0. The first-order chi connectivity index (χ1) is 13.9. The summed E-state index contributed by atoms with van der Waals surface area (Å²) in [5, 5.41) is 18.4. The number of hydrogen-bond acceptors (Lipinski definition) is 6. The number of fused-ring (bicyclic) bond motifs is 1. The molecule has 0 saturated carbocycles. The van der Waals surface area contributed by atoms with E-state index in [9.17, 15) is 19.8 Å². The minimum absolute atomic E-state index is 0.109. The first kappa shape index (κ1) is 21.5. The lowest BCUT2D eigenvalue weighted by molar-refractivity contribution is -0.292. The molecule has 0 spiro atoms. The second kappa shape index (κ2) is 9.11. The van der Waals surface area contributed by atoms with E-state index in [0.29, 0.717) is 18.9 Å². The van der Waals surface area contributed by atoms with Crippen LogP contribution in [0.3, 0.4) is 0 Å². The number of nitrogens with zero attached hydrogens (tertiary/aromatic N) is 1. The summed E-state index contributed by atoms with van der Waals surface area (Å²) in [5.74, 6) is -2.07. The molecule has 2 aliphatic heterocycles. The predicted molar refractivity (Wildman–Crippen MR) is 105 cm³/mol. The van der Waals surface area contributed by atoms with Crippen molar-refractivity contribution in [3.05, 3.63) is 24.3 Å². The Balaban J connectivity index is 1.53. The number of para-hydroxylation sites is 2. The van der Waals surface area contributed by atoms with Crippen molar-refractivity contribution in [2.75, 3.05) is 24.7 Å².